The minimum absolute atomic E-state index is 0. The lowest BCUT2D eigenvalue weighted by Crippen LogP contribution is -2.50. The second kappa shape index (κ2) is 9.81. The first kappa shape index (κ1) is 20.7. The van der Waals surface area contributed by atoms with Crippen molar-refractivity contribution in [1.82, 2.24) is 14.9 Å². The van der Waals surface area contributed by atoms with E-state index in [1.165, 1.54) is 0 Å². The van der Waals surface area contributed by atoms with E-state index in [1.807, 2.05) is 6.92 Å². The predicted molar refractivity (Wildman–Crippen MR) is 94.3 cm³/mol. The van der Waals surface area contributed by atoms with Gasteiger partial charge in [0.2, 0.25) is 15.9 Å². The summed E-state index contributed by atoms with van der Waals surface area (Å²) in [6.07, 6.45) is 5.60. The molecule has 1 heterocycles. The zero-order valence-electron chi connectivity index (χ0n) is 13.9. The maximum Gasteiger partial charge on any atom is 0.225 e. The maximum atomic E-state index is 12.5. The molecule has 2 N–H and O–H groups in total. The van der Waals surface area contributed by atoms with Crippen LogP contribution in [0, 0.1) is 5.92 Å². The van der Waals surface area contributed by atoms with Gasteiger partial charge in [-0.1, -0.05) is 19.8 Å². The van der Waals surface area contributed by atoms with E-state index in [-0.39, 0.29) is 24.2 Å². The van der Waals surface area contributed by atoms with Gasteiger partial charge in [0.1, 0.15) is 0 Å². The van der Waals surface area contributed by atoms with Crippen molar-refractivity contribution in [1.29, 1.82) is 0 Å². The van der Waals surface area contributed by atoms with Crippen molar-refractivity contribution in [2.45, 2.75) is 50.7 Å². The van der Waals surface area contributed by atoms with Gasteiger partial charge in [0, 0.05) is 32.1 Å². The lowest BCUT2D eigenvalue weighted by atomic mass is 10.0. The summed E-state index contributed by atoms with van der Waals surface area (Å²) in [4.78, 5) is 14.3. The average Bonchev–Trinajstić information content (AvgIpc) is 3.05. The largest absolute Gasteiger partial charge is 0.341 e. The van der Waals surface area contributed by atoms with Crippen LogP contribution in [0.1, 0.15) is 45.4 Å². The van der Waals surface area contributed by atoms with Gasteiger partial charge >= 0.3 is 0 Å². The summed E-state index contributed by atoms with van der Waals surface area (Å²) in [5, 5.41) is 2.63. The molecule has 1 amide bonds. The Morgan fingerprint density at radius 3 is 2.48 bits per heavy atom. The van der Waals surface area contributed by atoms with Crippen LogP contribution in [0.4, 0.5) is 0 Å². The number of hydrogen-bond donors (Lipinski definition) is 2. The van der Waals surface area contributed by atoms with Crippen molar-refractivity contribution in [3.63, 3.8) is 0 Å². The Labute approximate surface area is 146 Å². The van der Waals surface area contributed by atoms with Crippen molar-refractivity contribution in [3.05, 3.63) is 0 Å². The number of likely N-dealkylation sites (tertiary alicyclic amines) is 1. The minimum Gasteiger partial charge on any atom is -0.341 e. The summed E-state index contributed by atoms with van der Waals surface area (Å²) < 4.78 is 27.4. The van der Waals surface area contributed by atoms with Gasteiger partial charge in [-0.25, -0.2) is 13.1 Å². The van der Waals surface area contributed by atoms with E-state index in [0.29, 0.717) is 32.6 Å². The molecule has 2 aliphatic rings. The SMILES string of the molecule is CCNCCNS(=O)(=O)C1CCCN(C(=O)C2CCCC2)C1.Cl. The Hall–Kier alpha value is -0.370. The lowest BCUT2D eigenvalue weighted by molar-refractivity contribution is -0.136. The highest BCUT2D eigenvalue weighted by molar-refractivity contribution is 7.90. The number of rotatable bonds is 7. The average molecular weight is 368 g/mol. The quantitative estimate of drug-likeness (QED) is 0.661. The number of nitrogens with one attached hydrogen (secondary N) is 2. The van der Waals surface area contributed by atoms with Gasteiger partial charge in [-0.3, -0.25) is 4.79 Å². The number of carbonyl (C=O) groups excluding carboxylic acids is 1. The number of likely N-dealkylation sites (N-methyl/N-ethyl adjacent to an activating group) is 1. The lowest BCUT2D eigenvalue weighted by Gasteiger charge is -2.34. The number of halogens is 1. The summed E-state index contributed by atoms with van der Waals surface area (Å²) in [5.74, 6) is 0.299. The molecule has 23 heavy (non-hydrogen) atoms. The Morgan fingerprint density at radius 1 is 1.13 bits per heavy atom. The van der Waals surface area contributed by atoms with E-state index in [1.54, 1.807) is 4.90 Å². The van der Waals surface area contributed by atoms with E-state index in [0.717, 1.165) is 38.6 Å². The van der Waals surface area contributed by atoms with Crippen LogP contribution in [-0.4, -0.2) is 57.2 Å². The zero-order valence-corrected chi connectivity index (χ0v) is 15.6. The summed E-state index contributed by atoms with van der Waals surface area (Å²) >= 11 is 0. The first-order chi connectivity index (χ1) is 10.5. The minimum atomic E-state index is -3.34. The van der Waals surface area contributed by atoms with Crippen LogP contribution in [0.25, 0.3) is 0 Å². The number of sulfonamides is 1. The molecule has 0 aromatic heterocycles. The fourth-order valence-electron chi connectivity index (χ4n) is 3.40. The van der Waals surface area contributed by atoms with Gasteiger partial charge in [0.15, 0.2) is 0 Å². The smallest absolute Gasteiger partial charge is 0.225 e. The molecule has 0 aromatic rings. The number of hydrogen-bond acceptors (Lipinski definition) is 4. The van der Waals surface area contributed by atoms with Crippen LogP contribution in [-0.2, 0) is 14.8 Å². The Morgan fingerprint density at radius 2 is 1.83 bits per heavy atom. The highest BCUT2D eigenvalue weighted by Crippen LogP contribution is 2.28. The molecular formula is C15H30ClN3O3S. The standard InChI is InChI=1S/C15H29N3O3S.ClH/c1-2-16-9-10-17-22(20,21)14-8-5-11-18(12-14)15(19)13-6-3-4-7-13;/h13-14,16-17H,2-12H2,1H3;1H. The molecule has 2 fully saturated rings. The van der Waals surface area contributed by atoms with Crippen molar-refractivity contribution in [3.8, 4) is 0 Å². The molecule has 1 atom stereocenters. The molecule has 6 nitrogen and oxygen atoms in total. The zero-order chi connectivity index (χ0) is 16.0. The predicted octanol–water partition coefficient (Wildman–Crippen LogP) is 1.12. The molecule has 8 heteroatoms. The molecule has 1 unspecified atom stereocenters. The Balaban J connectivity index is 0.00000264. The van der Waals surface area contributed by atoms with E-state index in [2.05, 4.69) is 10.0 Å². The van der Waals surface area contributed by atoms with Crippen LogP contribution in [0.15, 0.2) is 0 Å². The summed E-state index contributed by atoms with van der Waals surface area (Å²) in [5.41, 5.74) is 0. The molecular weight excluding hydrogens is 338 g/mol. The Bertz CT molecular complexity index is 467. The molecule has 0 radical (unpaired) electrons. The molecule has 1 aliphatic heterocycles. The Kier molecular flexibility index (Phi) is 8.82. The van der Waals surface area contributed by atoms with E-state index < -0.39 is 15.3 Å². The van der Waals surface area contributed by atoms with E-state index in [9.17, 15) is 13.2 Å². The van der Waals surface area contributed by atoms with Gasteiger partial charge < -0.3 is 10.2 Å². The third-order valence-corrected chi connectivity index (χ3v) is 6.56. The van der Waals surface area contributed by atoms with Crippen molar-refractivity contribution in [2.75, 3.05) is 32.7 Å². The molecule has 0 spiro atoms. The van der Waals surface area contributed by atoms with Crippen LogP contribution in [0.3, 0.4) is 0 Å². The van der Waals surface area contributed by atoms with Gasteiger partial charge in [0.05, 0.1) is 5.25 Å². The fraction of sp³-hybridized carbons (Fsp3) is 0.933. The van der Waals surface area contributed by atoms with E-state index in [4.69, 9.17) is 0 Å². The second-order valence-electron chi connectivity index (χ2n) is 6.32. The maximum absolute atomic E-state index is 12.5. The first-order valence-electron chi connectivity index (χ1n) is 8.52. The molecule has 0 bridgehead atoms. The molecule has 1 saturated carbocycles. The van der Waals surface area contributed by atoms with Crippen LogP contribution < -0.4 is 10.0 Å². The van der Waals surface area contributed by atoms with Gasteiger partial charge in [-0.15, -0.1) is 12.4 Å². The third-order valence-electron chi connectivity index (χ3n) is 4.69. The number of piperidine rings is 1. The number of nitrogens with zero attached hydrogens (tertiary/aromatic N) is 1. The summed E-state index contributed by atoms with van der Waals surface area (Å²) in [6.45, 7) is 4.91. The highest BCUT2D eigenvalue weighted by atomic mass is 35.5. The molecule has 1 saturated heterocycles. The third kappa shape index (κ3) is 5.89. The van der Waals surface area contributed by atoms with Crippen molar-refractivity contribution < 1.29 is 13.2 Å². The molecule has 2 rings (SSSR count). The van der Waals surface area contributed by atoms with Crippen LogP contribution >= 0.6 is 12.4 Å². The van der Waals surface area contributed by atoms with Gasteiger partial charge in [-0.2, -0.15) is 0 Å². The normalized spacial score (nSPS) is 22.8. The highest BCUT2D eigenvalue weighted by Gasteiger charge is 2.35. The summed E-state index contributed by atoms with van der Waals surface area (Å²) in [6, 6.07) is 0. The van der Waals surface area contributed by atoms with E-state index >= 15 is 0 Å². The number of carbonyl (C=O) groups is 1. The molecule has 136 valence electrons. The van der Waals surface area contributed by atoms with Crippen LogP contribution in [0.5, 0.6) is 0 Å². The molecule has 0 aromatic carbocycles. The van der Waals surface area contributed by atoms with Crippen LogP contribution in [0.2, 0.25) is 0 Å². The van der Waals surface area contributed by atoms with Crippen molar-refractivity contribution >= 4 is 28.3 Å². The monoisotopic (exact) mass is 367 g/mol. The van der Waals surface area contributed by atoms with Gasteiger partial charge in [-0.05, 0) is 32.2 Å². The molecule has 1 aliphatic carbocycles. The number of amides is 1. The second-order valence-corrected chi connectivity index (χ2v) is 8.37. The summed E-state index contributed by atoms with van der Waals surface area (Å²) in [7, 11) is -3.34. The van der Waals surface area contributed by atoms with Gasteiger partial charge in [0.25, 0.3) is 0 Å². The van der Waals surface area contributed by atoms with Crippen molar-refractivity contribution in [2.24, 2.45) is 5.92 Å². The topological polar surface area (TPSA) is 78.5 Å². The first-order valence-corrected chi connectivity index (χ1v) is 10.1. The fourth-order valence-corrected chi connectivity index (χ4v) is 4.87.